The van der Waals surface area contributed by atoms with Gasteiger partial charge in [0.2, 0.25) is 0 Å². The van der Waals surface area contributed by atoms with Crippen LogP contribution in [0.2, 0.25) is 10.0 Å². The van der Waals surface area contributed by atoms with Crippen LogP contribution in [0.25, 0.3) is 0 Å². The number of anilines is 1. The van der Waals surface area contributed by atoms with Gasteiger partial charge < -0.3 is 14.7 Å². The first kappa shape index (κ1) is 18.7. The summed E-state index contributed by atoms with van der Waals surface area (Å²) in [6.45, 7) is 3.70. The molecule has 0 amide bonds. The molecule has 0 aromatic heterocycles. The Bertz CT molecular complexity index is 868. The van der Waals surface area contributed by atoms with Crippen molar-refractivity contribution < 1.29 is 14.6 Å². The molecule has 7 heteroatoms. The number of benzene rings is 2. The SMILES string of the molecule is CCOC(=O)C1(O)CN(c2ccc(Cl)cc2Cl)C(c2ccc(C)cc2)=N1. The molecule has 2 aromatic rings. The number of esters is 1. The summed E-state index contributed by atoms with van der Waals surface area (Å²) in [5.41, 5.74) is 0.431. The maximum atomic E-state index is 12.3. The number of ether oxygens (including phenoxy) is 1. The lowest BCUT2D eigenvalue weighted by molar-refractivity contribution is -0.162. The predicted octanol–water partition coefficient (Wildman–Crippen LogP) is 3.82. The molecule has 0 saturated heterocycles. The molecule has 1 aliphatic rings. The summed E-state index contributed by atoms with van der Waals surface area (Å²) in [5, 5.41) is 11.7. The van der Waals surface area contributed by atoms with Crippen LogP contribution in [-0.2, 0) is 9.53 Å². The highest BCUT2D eigenvalue weighted by Gasteiger charge is 2.46. The monoisotopic (exact) mass is 392 g/mol. The van der Waals surface area contributed by atoms with Crippen molar-refractivity contribution in [3.05, 3.63) is 63.6 Å². The number of amidine groups is 1. The molecular weight excluding hydrogens is 375 g/mol. The van der Waals surface area contributed by atoms with Gasteiger partial charge in [-0.15, -0.1) is 0 Å². The van der Waals surface area contributed by atoms with Crippen molar-refractivity contribution in [3.63, 3.8) is 0 Å². The zero-order valence-electron chi connectivity index (χ0n) is 14.4. The lowest BCUT2D eigenvalue weighted by Gasteiger charge is -2.24. The molecule has 3 rings (SSSR count). The Morgan fingerprint density at radius 2 is 1.96 bits per heavy atom. The third-order valence-corrected chi connectivity index (χ3v) is 4.58. The normalized spacial score (nSPS) is 19.4. The number of nitrogens with zero attached hydrogens (tertiary/aromatic N) is 2. The van der Waals surface area contributed by atoms with E-state index in [0.29, 0.717) is 21.6 Å². The fourth-order valence-corrected chi connectivity index (χ4v) is 3.26. The molecule has 1 unspecified atom stereocenters. The Hall–Kier alpha value is -2.08. The molecule has 0 saturated carbocycles. The summed E-state index contributed by atoms with van der Waals surface area (Å²) in [6.07, 6.45) is 0. The van der Waals surface area contributed by atoms with Gasteiger partial charge in [-0.3, -0.25) is 0 Å². The number of carbonyl (C=O) groups excluding carboxylic acids is 1. The molecule has 0 bridgehead atoms. The summed E-state index contributed by atoms with van der Waals surface area (Å²) in [7, 11) is 0. The van der Waals surface area contributed by atoms with E-state index in [1.807, 2.05) is 31.2 Å². The quantitative estimate of drug-likeness (QED) is 0.803. The second-order valence-electron chi connectivity index (χ2n) is 6.02. The van der Waals surface area contributed by atoms with Gasteiger partial charge >= 0.3 is 5.97 Å². The van der Waals surface area contributed by atoms with Crippen molar-refractivity contribution >= 4 is 40.7 Å². The Labute approximate surface area is 161 Å². The number of rotatable bonds is 4. The number of carbonyl (C=O) groups is 1. The fourth-order valence-electron chi connectivity index (χ4n) is 2.75. The van der Waals surface area contributed by atoms with Crippen LogP contribution >= 0.6 is 23.2 Å². The average Bonchev–Trinajstić information content (AvgIpc) is 2.95. The van der Waals surface area contributed by atoms with Crippen LogP contribution in [0.5, 0.6) is 0 Å². The third kappa shape index (κ3) is 3.56. The van der Waals surface area contributed by atoms with E-state index in [9.17, 15) is 9.90 Å². The predicted molar refractivity (Wildman–Crippen MR) is 103 cm³/mol. The Kier molecular flexibility index (Phi) is 5.23. The minimum absolute atomic E-state index is 0.101. The summed E-state index contributed by atoms with van der Waals surface area (Å²) in [6, 6.07) is 12.6. The van der Waals surface area contributed by atoms with Crippen LogP contribution in [-0.4, -0.2) is 35.8 Å². The molecule has 0 spiro atoms. The summed E-state index contributed by atoms with van der Waals surface area (Å²) < 4.78 is 4.99. The maximum Gasteiger partial charge on any atom is 0.363 e. The van der Waals surface area contributed by atoms with E-state index in [1.54, 1.807) is 30.0 Å². The van der Waals surface area contributed by atoms with Gasteiger partial charge in [-0.05, 0) is 32.0 Å². The Morgan fingerprint density at radius 3 is 2.58 bits per heavy atom. The molecule has 0 aliphatic carbocycles. The smallest absolute Gasteiger partial charge is 0.363 e. The van der Waals surface area contributed by atoms with Gasteiger partial charge in [0.15, 0.2) is 0 Å². The highest BCUT2D eigenvalue weighted by Crippen LogP contribution is 2.35. The first-order valence-electron chi connectivity index (χ1n) is 8.13. The van der Waals surface area contributed by atoms with Crippen LogP contribution in [0, 0.1) is 6.92 Å². The van der Waals surface area contributed by atoms with Crippen molar-refractivity contribution in [1.82, 2.24) is 0 Å². The second kappa shape index (κ2) is 7.27. The molecule has 1 aliphatic heterocycles. The molecule has 1 heterocycles. The highest BCUT2D eigenvalue weighted by atomic mass is 35.5. The highest BCUT2D eigenvalue weighted by molar-refractivity contribution is 6.37. The topological polar surface area (TPSA) is 62.1 Å². The molecule has 1 N–H and O–H groups in total. The van der Waals surface area contributed by atoms with E-state index >= 15 is 0 Å². The van der Waals surface area contributed by atoms with Crippen LogP contribution in [0.15, 0.2) is 47.5 Å². The van der Waals surface area contributed by atoms with E-state index in [-0.39, 0.29) is 13.2 Å². The summed E-state index contributed by atoms with van der Waals surface area (Å²) in [5.74, 6) is -0.359. The molecule has 0 fully saturated rings. The molecule has 0 radical (unpaired) electrons. The first-order chi connectivity index (χ1) is 12.3. The molecule has 136 valence electrons. The molecule has 5 nitrogen and oxygen atoms in total. The van der Waals surface area contributed by atoms with E-state index in [2.05, 4.69) is 4.99 Å². The summed E-state index contributed by atoms with van der Waals surface area (Å²) in [4.78, 5) is 18.2. The van der Waals surface area contributed by atoms with E-state index in [4.69, 9.17) is 27.9 Å². The van der Waals surface area contributed by atoms with Crippen LogP contribution in [0.3, 0.4) is 0 Å². The second-order valence-corrected chi connectivity index (χ2v) is 6.86. The van der Waals surface area contributed by atoms with Gasteiger partial charge in [-0.25, -0.2) is 9.79 Å². The Balaban J connectivity index is 2.08. The average molecular weight is 393 g/mol. The van der Waals surface area contributed by atoms with Crippen molar-refractivity contribution in [2.75, 3.05) is 18.1 Å². The lowest BCUT2D eigenvalue weighted by atomic mass is 10.1. The van der Waals surface area contributed by atoms with Crippen molar-refractivity contribution in [2.24, 2.45) is 4.99 Å². The van der Waals surface area contributed by atoms with E-state index in [1.165, 1.54) is 0 Å². The number of halogens is 2. The van der Waals surface area contributed by atoms with Crippen LogP contribution in [0.1, 0.15) is 18.1 Å². The minimum atomic E-state index is -2.00. The van der Waals surface area contributed by atoms with Gasteiger partial charge in [-0.2, -0.15) is 0 Å². The van der Waals surface area contributed by atoms with Crippen LogP contribution in [0.4, 0.5) is 5.69 Å². The largest absolute Gasteiger partial charge is 0.462 e. The standard InChI is InChI=1S/C19H18Cl2N2O3/c1-3-26-18(24)19(25)11-23(16-9-8-14(20)10-15(16)21)17(22-19)13-6-4-12(2)5-7-13/h4-10,25H,3,11H2,1-2H3. The zero-order valence-corrected chi connectivity index (χ0v) is 15.9. The zero-order chi connectivity index (χ0) is 18.9. The molecule has 1 atom stereocenters. The number of aliphatic hydroxyl groups is 1. The van der Waals surface area contributed by atoms with Gasteiger partial charge in [0.25, 0.3) is 5.72 Å². The van der Waals surface area contributed by atoms with Crippen molar-refractivity contribution in [1.29, 1.82) is 0 Å². The minimum Gasteiger partial charge on any atom is -0.462 e. The number of aliphatic imine (C=N–C) groups is 1. The fraction of sp³-hybridized carbons (Fsp3) is 0.263. The van der Waals surface area contributed by atoms with E-state index in [0.717, 1.165) is 11.1 Å². The number of hydrogen-bond acceptors (Lipinski definition) is 5. The van der Waals surface area contributed by atoms with Gasteiger partial charge in [0.05, 0.1) is 23.9 Å². The van der Waals surface area contributed by atoms with Crippen molar-refractivity contribution in [2.45, 2.75) is 19.6 Å². The number of β-amino-alcohol motifs (C(OH)–C–C–N with tert-alkyl or cyclic N) is 1. The van der Waals surface area contributed by atoms with E-state index < -0.39 is 11.7 Å². The number of hydrogen-bond donors (Lipinski definition) is 1. The summed E-state index contributed by atoms with van der Waals surface area (Å²) >= 11 is 12.3. The van der Waals surface area contributed by atoms with Gasteiger partial charge in [-0.1, -0.05) is 53.0 Å². The van der Waals surface area contributed by atoms with Crippen LogP contribution < -0.4 is 4.90 Å². The molecule has 2 aromatic carbocycles. The first-order valence-corrected chi connectivity index (χ1v) is 8.89. The molecule has 26 heavy (non-hydrogen) atoms. The van der Waals surface area contributed by atoms with Gasteiger partial charge in [0, 0.05) is 10.6 Å². The number of aryl methyl sites for hydroxylation is 1. The van der Waals surface area contributed by atoms with Crippen molar-refractivity contribution in [3.8, 4) is 0 Å². The van der Waals surface area contributed by atoms with Gasteiger partial charge in [0.1, 0.15) is 5.84 Å². The maximum absolute atomic E-state index is 12.3. The lowest BCUT2D eigenvalue weighted by Crippen LogP contribution is -2.43. The molecular formula is C19H18Cl2N2O3. The Morgan fingerprint density at radius 1 is 1.27 bits per heavy atom. The third-order valence-electron chi connectivity index (χ3n) is 4.04.